The number of aryl methyl sites for hydroxylation is 1. The van der Waals surface area contributed by atoms with Crippen LogP contribution in [0.3, 0.4) is 0 Å². The number of rotatable bonds is 1. The summed E-state index contributed by atoms with van der Waals surface area (Å²) in [5.41, 5.74) is 1.10. The van der Waals surface area contributed by atoms with Crippen molar-refractivity contribution in [2.45, 2.75) is 13.8 Å². The van der Waals surface area contributed by atoms with Crippen molar-refractivity contribution in [1.29, 1.82) is 0 Å². The molecule has 50 valence electrons. The first kappa shape index (κ1) is 9.57. The van der Waals surface area contributed by atoms with Crippen molar-refractivity contribution in [2.24, 2.45) is 0 Å². The van der Waals surface area contributed by atoms with Gasteiger partial charge in [0.2, 0.25) is 0 Å². The molecule has 0 aliphatic rings. The maximum Gasteiger partial charge on any atom is 0.0303 e. The summed E-state index contributed by atoms with van der Waals surface area (Å²) in [5, 5.41) is 0. The molecular weight excluding hydrogens is 177 g/mol. The average molecular weight is 187 g/mol. The van der Waals surface area contributed by atoms with Crippen molar-refractivity contribution >= 4 is 0 Å². The minimum atomic E-state index is 0. The van der Waals surface area contributed by atoms with E-state index in [2.05, 4.69) is 9.97 Å². The summed E-state index contributed by atoms with van der Waals surface area (Å²) >= 11 is 0. The molecule has 3 heteroatoms. The summed E-state index contributed by atoms with van der Waals surface area (Å²) in [7, 11) is 0. The predicted octanol–water partition coefficient (Wildman–Crippen LogP) is 1.35. The van der Waals surface area contributed by atoms with E-state index in [0.29, 0.717) is 0 Å². The molecule has 1 rings (SSSR count). The minimum Gasteiger partial charge on any atom is -0.326 e. The third-order valence-electron chi connectivity index (χ3n) is 1.06. The van der Waals surface area contributed by atoms with Gasteiger partial charge in [0, 0.05) is 31.9 Å². The minimum absolute atomic E-state index is 0. The summed E-state index contributed by atoms with van der Waals surface area (Å²) in [4.78, 5) is 8.06. The predicted molar refractivity (Wildman–Crippen MR) is 35.8 cm³/mol. The Balaban J connectivity index is 0.000000810. The Kier molecular flexibility index (Phi) is 4.21. The zero-order chi connectivity index (χ0) is 6.69. The van der Waals surface area contributed by atoms with Gasteiger partial charge >= 0.3 is 0 Å². The molecule has 0 bridgehead atoms. The van der Waals surface area contributed by atoms with Crippen molar-refractivity contribution in [1.82, 2.24) is 9.97 Å². The van der Waals surface area contributed by atoms with Crippen molar-refractivity contribution in [3.05, 3.63) is 30.2 Å². The number of nitrogens with zero attached hydrogens (tertiary/aromatic N) is 2. The number of hydrogen-bond donors (Lipinski definition) is 0. The molecule has 1 heterocycles. The molecule has 0 aliphatic carbocycles. The SMILES string of the molecule is C[CH-]c1ncc(C)cn1.[Zn]. The molecule has 1 aromatic heterocycles. The second kappa shape index (κ2) is 4.40. The van der Waals surface area contributed by atoms with Gasteiger partial charge in [0.15, 0.2) is 0 Å². The Labute approximate surface area is 73.8 Å². The Morgan fingerprint density at radius 3 is 2.20 bits per heavy atom. The molecular formula is C7H9N2Zn-. The molecule has 0 atom stereocenters. The van der Waals surface area contributed by atoms with Crippen LogP contribution in [0.1, 0.15) is 18.3 Å². The molecule has 0 N–H and O–H groups in total. The summed E-state index contributed by atoms with van der Waals surface area (Å²) in [6.45, 7) is 3.89. The largest absolute Gasteiger partial charge is 0.326 e. The van der Waals surface area contributed by atoms with E-state index < -0.39 is 0 Å². The summed E-state index contributed by atoms with van der Waals surface area (Å²) in [6, 6.07) is 0. The van der Waals surface area contributed by atoms with Gasteiger partial charge in [-0.3, -0.25) is 9.97 Å². The normalized spacial score (nSPS) is 8.20. The van der Waals surface area contributed by atoms with Gasteiger partial charge in [-0.15, -0.1) is 0 Å². The third kappa shape index (κ3) is 2.44. The van der Waals surface area contributed by atoms with Crippen LogP contribution in [0.4, 0.5) is 0 Å². The number of aromatic nitrogens is 2. The second-order valence-corrected chi connectivity index (χ2v) is 1.91. The first-order chi connectivity index (χ1) is 4.33. The van der Waals surface area contributed by atoms with Gasteiger partial charge in [-0.1, -0.05) is 0 Å². The maximum absolute atomic E-state index is 4.03. The van der Waals surface area contributed by atoms with Crippen LogP contribution >= 0.6 is 0 Å². The Hall–Kier alpha value is -0.427. The molecule has 0 spiro atoms. The van der Waals surface area contributed by atoms with Crippen LogP contribution < -0.4 is 0 Å². The first-order valence-electron chi connectivity index (χ1n) is 2.91. The van der Waals surface area contributed by atoms with E-state index in [4.69, 9.17) is 0 Å². The molecule has 1 aromatic rings. The Morgan fingerprint density at radius 2 is 1.80 bits per heavy atom. The van der Waals surface area contributed by atoms with Gasteiger partial charge in [-0.05, 0) is 18.3 Å². The van der Waals surface area contributed by atoms with E-state index in [0.717, 1.165) is 11.4 Å². The van der Waals surface area contributed by atoms with Crippen molar-refractivity contribution in [3.8, 4) is 0 Å². The van der Waals surface area contributed by atoms with Crippen LogP contribution in [0.15, 0.2) is 12.4 Å². The van der Waals surface area contributed by atoms with Gasteiger partial charge < -0.3 is 6.42 Å². The Bertz CT molecular complexity index is 183. The molecule has 0 aliphatic heterocycles. The summed E-state index contributed by atoms with van der Waals surface area (Å²) < 4.78 is 0. The van der Waals surface area contributed by atoms with Gasteiger partial charge in [-0.25, -0.2) is 0 Å². The molecule has 0 radical (unpaired) electrons. The van der Waals surface area contributed by atoms with E-state index in [-0.39, 0.29) is 19.5 Å². The standard InChI is InChI=1S/C7H9N2.Zn/c1-3-7-8-4-6(2)5-9-7;/h3-5H,1-2H3;/q-1;. The fourth-order valence-electron chi connectivity index (χ4n) is 0.552. The zero-order valence-electron chi connectivity index (χ0n) is 6.33. The molecule has 0 fully saturated rings. The van der Waals surface area contributed by atoms with Crippen LogP contribution in [0.25, 0.3) is 0 Å². The molecule has 0 unspecified atom stereocenters. The van der Waals surface area contributed by atoms with Crippen LogP contribution in [0.5, 0.6) is 0 Å². The Morgan fingerprint density at radius 1 is 1.30 bits per heavy atom. The third-order valence-corrected chi connectivity index (χ3v) is 1.06. The van der Waals surface area contributed by atoms with Gasteiger partial charge in [-0.2, -0.15) is 6.92 Å². The molecule has 0 saturated carbocycles. The summed E-state index contributed by atoms with van der Waals surface area (Å²) in [5.74, 6) is 0.792. The molecule has 0 aromatic carbocycles. The second-order valence-electron chi connectivity index (χ2n) is 1.91. The average Bonchev–Trinajstić information content (AvgIpc) is 1.90. The fraction of sp³-hybridized carbons (Fsp3) is 0.286. The van der Waals surface area contributed by atoms with Crippen molar-refractivity contribution < 1.29 is 19.5 Å². The van der Waals surface area contributed by atoms with Crippen LogP contribution in [-0.2, 0) is 19.5 Å². The van der Waals surface area contributed by atoms with Gasteiger partial charge in [0.05, 0.1) is 0 Å². The molecule has 0 amide bonds. The van der Waals surface area contributed by atoms with Gasteiger partial charge in [0.1, 0.15) is 0 Å². The zero-order valence-corrected chi connectivity index (χ0v) is 9.30. The maximum atomic E-state index is 4.03. The van der Waals surface area contributed by atoms with E-state index in [1.54, 1.807) is 0 Å². The fourth-order valence-corrected chi connectivity index (χ4v) is 0.552. The molecule has 0 saturated heterocycles. The van der Waals surface area contributed by atoms with E-state index >= 15 is 0 Å². The first-order valence-corrected chi connectivity index (χ1v) is 2.91. The van der Waals surface area contributed by atoms with E-state index in [9.17, 15) is 0 Å². The monoisotopic (exact) mass is 185 g/mol. The number of hydrogen-bond acceptors (Lipinski definition) is 2. The smallest absolute Gasteiger partial charge is 0.0303 e. The van der Waals surface area contributed by atoms with Crippen LogP contribution in [0.2, 0.25) is 0 Å². The molecule has 2 nitrogen and oxygen atoms in total. The van der Waals surface area contributed by atoms with Crippen molar-refractivity contribution in [3.63, 3.8) is 0 Å². The van der Waals surface area contributed by atoms with Gasteiger partial charge in [0.25, 0.3) is 0 Å². The van der Waals surface area contributed by atoms with Crippen LogP contribution in [0, 0.1) is 13.3 Å². The quantitative estimate of drug-likeness (QED) is 0.489. The van der Waals surface area contributed by atoms with Crippen molar-refractivity contribution in [2.75, 3.05) is 0 Å². The van der Waals surface area contributed by atoms with E-state index in [1.807, 2.05) is 32.7 Å². The summed E-state index contributed by atoms with van der Waals surface area (Å²) in [6.07, 6.45) is 5.49. The van der Waals surface area contributed by atoms with Crippen LogP contribution in [-0.4, -0.2) is 9.97 Å². The molecule has 10 heavy (non-hydrogen) atoms. The van der Waals surface area contributed by atoms with E-state index in [1.165, 1.54) is 0 Å². The topological polar surface area (TPSA) is 25.8 Å².